The molecule has 0 aliphatic heterocycles. The Hall–Kier alpha value is -1.62. The summed E-state index contributed by atoms with van der Waals surface area (Å²) in [4.78, 5) is 18.3. The predicted octanol–water partition coefficient (Wildman–Crippen LogP) is 2.41. The van der Waals surface area contributed by atoms with Gasteiger partial charge in [-0.15, -0.1) is 0 Å². The highest BCUT2D eigenvalue weighted by Crippen LogP contribution is 2.25. The third-order valence-corrected chi connectivity index (χ3v) is 4.09. The molecule has 1 unspecified atom stereocenters. The van der Waals surface area contributed by atoms with Gasteiger partial charge in [-0.3, -0.25) is 0 Å². The highest BCUT2D eigenvalue weighted by Gasteiger charge is 2.21. The van der Waals surface area contributed by atoms with Crippen molar-refractivity contribution in [3.63, 3.8) is 0 Å². The van der Waals surface area contributed by atoms with Crippen molar-refractivity contribution in [2.24, 2.45) is 0 Å². The van der Waals surface area contributed by atoms with Gasteiger partial charge < -0.3 is 15.3 Å². The third-order valence-electron chi connectivity index (χ3n) is 4.09. The van der Waals surface area contributed by atoms with Gasteiger partial charge in [-0.1, -0.05) is 13.8 Å². The first-order valence-corrected chi connectivity index (χ1v) is 7.80. The van der Waals surface area contributed by atoms with Gasteiger partial charge in [0.25, 0.3) is 0 Å². The molecule has 1 atom stereocenters. The van der Waals surface area contributed by atoms with Crippen LogP contribution >= 0.6 is 0 Å². The number of nitrogens with one attached hydrogen (secondary N) is 1. The number of likely N-dealkylation sites (N-methyl/N-ethyl adjacent to an activating group) is 1. The minimum absolute atomic E-state index is 0.162. The zero-order valence-electron chi connectivity index (χ0n) is 13.1. The first-order valence-electron chi connectivity index (χ1n) is 7.80. The van der Waals surface area contributed by atoms with Gasteiger partial charge in [-0.25, -0.2) is 9.78 Å². The SMILES string of the molecule is CCN(CC)CC(C)Nc1nc2c(cc1C(=O)O)CCC2. The van der Waals surface area contributed by atoms with Crippen LogP contribution in [0.25, 0.3) is 0 Å². The average Bonchev–Trinajstić information content (AvgIpc) is 2.90. The predicted molar refractivity (Wildman–Crippen MR) is 84.1 cm³/mol. The Bertz CT molecular complexity index is 512. The maximum absolute atomic E-state index is 11.4. The number of fused-ring (bicyclic) bond motifs is 1. The average molecular weight is 291 g/mol. The number of carbonyl (C=O) groups is 1. The zero-order chi connectivity index (χ0) is 15.4. The van der Waals surface area contributed by atoms with E-state index in [4.69, 9.17) is 0 Å². The van der Waals surface area contributed by atoms with Crippen LogP contribution in [0, 0.1) is 0 Å². The Balaban J connectivity index is 2.17. The summed E-state index contributed by atoms with van der Waals surface area (Å²) in [5.74, 6) is -0.391. The van der Waals surface area contributed by atoms with E-state index in [9.17, 15) is 9.90 Å². The molecule has 1 aliphatic carbocycles. The van der Waals surface area contributed by atoms with Crippen molar-refractivity contribution in [2.45, 2.75) is 46.1 Å². The number of aryl methyl sites for hydroxylation is 2. The molecular weight excluding hydrogens is 266 g/mol. The lowest BCUT2D eigenvalue weighted by atomic mass is 10.1. The lowest BCUT2D eigenvalue weighted by Gasteiger charge is -2.24. The van der Waals surface area contributed by atoms with Gasteiger partial charge in [0.1, 0.15) is 11.4 Å². The Labute approximate surface area is 126 Å². The normalized spacial score (nSPS) is 15.0. The van der Waals surface area contributed by atoms with Gasteiger partial charge in [0.05, 0.1) is 0 Å². The van der Waals surface area contributed by atoms with E-state index in [2.05, 4.69) is 36.0 Å². The number of pyridine rings is 1. The summed E-state index contributed by atoms with van der Waals surface area (Å²) in [5, 5.41) is 12.7. The Morgan fingerprint density at radius 3 is 2.76 bits per heavy atom. The van der Waals surface area contributed by atoms with Crippen LogP contribution in [0.5, 0.6) is 0 Å². The second-order valence-electron chi connectivity index (χ2n) is 5.68. The van der Waals surface area contributed by atoms with Crippen LogP contribution < -0.4 is 5.32 Å². The van der Waals surface area contributed by atoms with E-state index < -0.39 is 5.97 Å². The van der Waals surface area contributed by atoms with Crippen LogP contribution in [0.1, 0.15) is 48.8 Å². The van der Waals surface area contributed by atoms with Crippen molar-refractivity contribution < 1.29 is 9.90 Å². The smallest absolute Gasteiger partial charge is 0.339 e. The van der Waals surface area contributed by atoms with Crippen molar-refractivity contribution in [3.8, 4) is 0 Å². The van der Waals surface area contributed by atoms with Crippen LogP contribution in [-0.4, -0.2) is 46.6 Å². The van der Waals surface area contributed by atoms with Gasteiger partial charge in [0, 0.05) is 18.3 Å². The van der Waals surface area contributed by atoms with E-state index in [0.717, 1.165) is 50.2 Å². The quantitative estimate of drug-likeness (QED) is 0.807. The largest absolute Gasteiger partial charge is 0.478 e. The molecule has 0 radical (unpaired) electrons. The fraction of sp³-hybridized carbons (Fsp3) is 0.625. The summed E-state index contributed by atoms with van der Waals surface area (Å²) >= 11 is 0. The second kappa shape index (κ2) is 6.89. The molecule has 0 fully saturated rings. The molecule has 0 amide bonds. The molecule has 0 saturated heterocycles. The Kier molecular flexibility index (Phi) is 5.17. The molecule has 21 heavy (non-hydrogen) atoms. The standard InChI is InChI=1S/C16H25N3O2/c1-4-19(5-2)10-11(3)17-15-13(16(20)21)9-12-7-6-8-14(12)18-15/h9,11H,4-8,10H2,1-3H3,(H,17,18)(H,20,21). The van der Waals surface area contributed by atoms with E-state index in [1.165, 1.54) is 0 Å². The van der Waals surface area contributed by atoms with E-state index in [1.54, 1.807) is 6.07 Å². The van der Waals surface area contributed by atoms with Crippen molar-refractivity contribution in [1.82, 2.24) is 9.88 Å². The van der Waals surface area contributed by atoms with Crippen LogP contribution in [0.15, 0.2) is 6.07 Å². The Morgan fingerprint density at radius 1 is 1.43 bits per heavy atom. The molecule has 1 heterocycles. The summed E-state index contributed by atoms with van der Waals surface area (Å²) in [6, 6.07) is 1.96. The molecule has 1 aromatic heterocycles. The molecule has 2 rings (SSSR count). The number of hydrogen-bond acceptors (Lipinski definition) is 4. The topological polar surface area (TPSA) is 65.5 Å². The number of nitrogens with zero attached hydrogens (tertiary/aromatic N) is 2. The second-order valence-corrected chi connectivity index (χ2v) is 5.68. The van der Waals surface area contributed by atoms with E-state index in [-0.39, 0.29) is 6.04 Å². The number of carboxylic acid groups (broad SMARTS) is 1. The molecule has 1 aromatic rings. The minimum Gasteiger partial charge on any atom is -0.478 e. The van der Waals surface area contributed by atoms with Crippen LogP contribution in [0.3, 0.4) is 0 Å². The first-order chi connectivity index (χ1) is 10.0. The summed E-state index contributed by atoms with van der Waals surface area (Å²) in [7, 11) is 0. The van der Waals surface area contributed by atoms with Crippen molar-refractivity contribution in [1.29, 1.82) is 0 Å². The lowest BCUT2D eigenvalue weighted by Crippen LogP contribution is -2.35. The molecule has 0 aromatic carbocycles. The fourth-order valence-corrected chi connectivity index (χ4v) is 2.89. The van der Waals surface area contributed by atoms with Crippen LogP contribution in [0.2, 0.25) is 0 Å². The van der Waals surface area contributed by atoms with Gasteiger partial charge >= 0.3 is 5.97 Å². The van der Waals surface area contributed by atoms with Crippen LogP contribution in [-0.2, 0) is 12.8 Å². The monoisotopic (exact) mass is 291 g/mol. The molecule has 5 heteroatoms. The molecular formula is C16H25N3O2. The number of rotatable bonds is 7. The number of anilines is 1. The molecule has 116 valence electrons. The van der Waals surface area contributed by atoms with E-state index in [0.29, 0.717) is 11.4 Å². The summed E-state index contributed by atoms with van der Waals surface area (Å²) in [5.41, 5.74) is 2.44. The highest BCUT2D eigenvalue weighted by molar-refractivity contribution is 5.93. The Morgan fingerprint density at radius 2 is 2.14 bits per heavy atom. The molecule has 0 saturated carbocycles. The molecule has 1 aliphatic rings. The summed E-state index contributed by atoms with van der Waals surface area (Å²) in [6.07, 6.45) is 2.96. The molecule has 0 spiro atoms. The van der Waals surface area contributed by atoms with Crippen LogP contribution in [0.4, 0.5) is 5.82 Å². The van der Waals surface area contributed by atoms with E-state index >= 15 is 0 Å². The molecule has 5 nitrogen and oxygen atoms in total. The third kappa shape index (κ3) is 3.73. The molecule has 2 N–H and O–H groups in total. The van der Waals surface area contributed by atoms with Gasteiger partial charge in [0.15, 0.2) is 0 Å². The lowest BCUT2D eigenvalue weighted by molar-refractivity contribution is 0.0697. The number of hydrogen-bond donors (Lipinski definition) is 2. The van der Waals surface area contributed by atoms with Crippen molar-refractivity contribution >= 4 is 11.8 Å². The number of aromatic carboxylic acids is 1. The van der Waals surface area contributed by atoms with E-state index in [1.807, 2.05) is 0 Å². The maximum Gasteiger partial charge on any atom is 0.339 e. The van der Waals surface area contributed by atoms with Crippen molar-refractivity contribution in [3.05, 3.63) is 22.9 Å². The zero-order valence-corrected chi connectivity index (χ0v) is 13.1. The van der Waals surface area contributed by atoms with Gasteiger partial charge in [-0.2, -0.15) is 0 Å². The fourth-order valence-electron chi connectivity index (χ4n) is 2.89. The molecule has 0 bridgehead atoms. The summed E-state index contributed by atoms with van der Waals surface area (Å²) < 4.78 is 0. The number of carboxylic acids is 1. The maximum atomic E-state index is 11.4. The minimum atomic E-state index is -0.908. The number of aromatic nitrogens is 1. The summed E-state index contributed by atoms with van der Waals surface area (Å²) in [6.45, 7) is 9.20. The van der Waals surface area contributed by atoms with Gasteiger partial charge in [-0.05, 0) is 50.9 Å². The van der Waals surface area contributed by atoms with Gasteiger partial charge in [0.2, 0.25) is 0 Å². The highest BCUT2D eigenvalue weighted by atomic mass is 16.4. The first kappa shape index (κ1) is 15.8. The van der Waals surface area contributed by atoms with Crippen molar-refractivity contribution in [2.75, 3.05) is 25.0 Å².